The molecule has 1 aliphatic rings. The Balaban J connectivity index is 1.65. The molecule has 0 atom stereocenters. The largest absolute Gasteiger partial charge is 0.372 e. The lowest BCUT2D eigenvalue weighted by Gasteiger charge is -2.18. The predicted molar refractivity (Wildman–Crippen MR) is 127 cm³/mol. The summed E-state index contributed by atoms with van der Waals surface area (Å²) >= 11 is 0. The third-order valence-electron chi connectivity index (χ3n) is 6.13. The highest BCUT2D eigenvalue weighted by Crippen LogP contribution is 2.30. The first-order valence-corrected chi connectivity index (χ1v) is 10.9. The van der Waals surface area contributed by atoms with Crippen LogP contribution in [0.5, 0.6) is 0 Å². The second kappa shape index (κ2) is 8.39. The van der Waals surface area contributed by atoms with Gasteiger partial charge in [0.25, 0.3) is 5.91 Å². The van der Waals surface area contributed by atoms with Crippen molar-refractivity contribution in [1.82, 2.24) is 4.57 Å². The van der Waals surface area contributed by atoms with Gasteiger partial charge >= 0.3 is 0 Å². The van der Waals surface area contributed by atoms with Gasteiger partial charge in [-0.15, -0.1) is 6.58 Å². The van der Waals surface area contributed by atoms with Crippen molar-refractivity contribution in [3.8, 4) is 0 Å². The maximum Gasteiger partial charge on any atom is 0.272 e. The van der Waals surface area contributed by atoms with Crippen molar-refractivity contribution in [2.24, 2.45) is 0 Å². The maximum atomic E-state index is 13.3. The highest BCUT2D eigenvalue weighted by Gasteiger charge is 2.21. The van der Waals surface area contributed by atoms with Gasteiger partial charge in [0.2, 0.25) is 0 Å². The van der Waals surface area contributed by atoms with E-state index >= 15 is 0 Å². The molecule has 1 aliphatic heterocycles. The monoisotopic (exact) mass is 401 g/mol. The Kier molecular flexibility index (Phi) is 5.67. The fraction of sp³-hybridized carbons (Fsp3) is 0.346. The summed E-state index contributed by atoms with van der Waals surface area (Å²) in [4.78, 5) is 15.7. The standard InChI is InChI=1S/C26H31N3O/c1-5-14-29-24-13-8-20(18(2)3)17-23(24)19(4)25(29)26(30)27-21-9-11-22(12-10-21)28-15-6-7-16-28/h5,8-13,17-18H,1,6-7,14-16H2,2-4H3,(H,27,30). The van der Waals surface area contributed by atoms with E-state index in [2.05, 4.69) is 65.5 Å². The van der Waals surface area contributed by atoms with Crippen LogP contribution in [0.3, 0.4) is 0 Å². The summed E-state index contributed by atoms with van der Waals surface area (Å²) in [6.07, 6.45) is 4.35. The van der Waals surface area contributed by atoms with Crippen LogP contribution in [-0.2, 0) is 6.54 Å². The van der Waals surface area contributed by atoms with Crippen molar-refractivity contribution in [1.29, 1.82) is 0 Å². The lowest BCUT2D eigenvalue weighted by Crippen LogP contribution is -2.19. The number of fused-ring (bicyclic) bond motifs is 1. The van der Waals surface area contributed by atoms with Gasteiger partial charge in [0, 0.05) is 41.9 Å². The number of benzene rings is 2. The summed E-state index contributed by atoms with van der Waals surface area (Å²) in [6, 6.07) is 14.7. The summed E-state index contributed by atoms with van der Waals surface area (Å²) in [6.45, 7) is 13.1. The van der Waals surface area contributed by atoms with Gasteiger partial charge in [0.1, 0.15) is 5.69 Å². The minimum absolute atomic E-state index is 0.0782. The summed E-state index contributed by atoms with van der Waals surface area (Å²) in [5.41, 5.74) is 6.12. The number of hydrogen-bond acceptors (Lipinski definition) is 2. The van der Waals surface area contributed by atoms with Crippen molar-refractivity contribution < 1.29 is 4.79 Å². The second-order valence-corrected chi connectivity index (χ2v) is 8.50. The van der Waals surface area contributed by atoms with Crippen molar-refractivity contribution >= 4 is 28.2 Å². The molecule has 0 unspecified atom stereocenters. The van der Waals surface area contributed by atoms with E-state index in [9.17, 15) is 4.79 Å². The Hall–Kier alpha value is -3.01. The number of allylic oxidation sites excluding steroid dienone is 1. The van der Waals surface area contributed by atoms with Crippen LogP contribution in [0, 0.1) is 6.92 Å². The number of nitrogens with zero attached hydrogens (tertiary/aromatic N) is 2. The molecule has 30 heavy (non-hydrogen) atoms. The van der Waals surface area contributed by atoms with E-state index < -0.39 is 0 Å². The van der Waals surface area contributed by atoms with E-state index in [-0.39, 0.29) is 5.91 Å². The van der Waals surface area contributed by atoms with Gasteiger partial charge in [-0.2, -0.15) is 0 Å². The fourth-order valence-electron chi connectivity index (χ4n) is 4.43. The molecule has 0 bridgehead atoms. The molecule has 4 nitrogen and oxygen atoms in total. The lowest BCUT2D eigenvalue weighted by atomic mass is 10.0. The van der Waals surface area contributed by atoms with Gasteiger partial charge in [-0.3, -0.25) is 4.79 Å². The Bertz CT molecular complexity index is 1070. The molecule has 1 N–H and O–H groups in total. The van der Waals surface area contributed by atoms with Crippen LogP contribution in [0.25, 0.3) is 10.9 Å². The Morgan fingerprint density at radius 2 is 1.83 bits per heavy atom. The van der Waals surface area contributed by atoms with Crippen LogP contribution in [-0.4, -0.2) is 23.6 Å². The van der Waals surface area contributed by atoms with E-state index in [0.29, 0.717) is 18.2 Å². The summed E-state index contributed by atoms with van der Waals surface area (Å²) < 4.78 is 2.07. The molecule has 156 valence electrons. The molecule has 0 spiro atoms. The van der Waals surface area contributed by atoms with Gasteiger partial charge in [-0.1, -0.05) is 26.0 Å². The molecule has 0 aliphatic carbocycles. The SMILES string of the molecule is C=CCn1c(C(=O)Nc2ccc(N3CCCC3)cc2)c(C)c2cc(C(C)C)ccc21. The number of amides is 1. The van der Waals surface area contributed by atoms with E-state index in [0.717, 1.165) is 35.2 Å². The number of aromatic nitrogens is 1. The Morgan fingerprint density at radius 1 is 1.13 bits per heavy atom. The molecule has 1 amide bonds. The van der Waals surface area contributed by atoms with Gasteiger partial charge in [-0.25, -0.2) is 0 Å². The zero-order chi connectivity index (χ0) is 21.3. The lowest BCUT2D eigenvalue weighted by molar-refractivity contribution is 0.101. The first-order chi connectivity index (χ1) is 14.5. The molecule has 1 fully saturated rings. The molecular formula is C26H31N3O. The van der Waals surface area contributed by atoms with E-state index in [4.69, 9.17) is 0 Å². The van der Waals surface area contributed by atoms with Crippen molar-refractivity contribution in [3.63, 3.8) is 0 Å². The minimum atomic E-state index is -0.0782. The van der Waals surface area contributed by atoms with Gasteiger partial charge < -0.3 is 14.8 Å². The van der Waals surface area contributed by atoms with E-state index in [1.165, 1.54) is 24.1 Å². The minimum Gasteiger partial charge on any atom is -0.372 e. The zero-order valence-corrected chi connectivity index (χ0v) is 18.2. The number of carbonyl (C=O) groups is 1. The number of anilines is 2. The van der Waals surface area contributed by atoms with Crippen LogP contribution in [0.1, 0.15) is 54.2 Å². The molecule has 1 aromatic heterocycles. The Morgan fingerprint density at radius 3 is 2.47 bits per heavy atom. The smallest absolute Gasteiger partial charge is 0.272 e. The van der Waals surface area contributed by atoms with Crippen molar-refractivity contribution in [3.05, 3.63) is 71.9 Å². The first kappa shape index (κ1) is 20.3. The first-order valence-electron chi connectivity index (χ1n) is 10.9. The molecule has 0 saturated carbocycles. The summed E-state index contributed by atoms with van der Waals surface area (Å²) in [7, 11) is 0. The van der Waals surface area contributed by atoms with Crippen LogP contribution >= 0.6 is 0 Å². The molecule has 1 saturated heterocycles. The average molecular weight is 402 g/mol. The zero-order valence-electron chi connectivity index (χ0n) is 18.2. The van der Waals surface area contributed by atoms with Crippen LogP contribution in [0.2, 0.25) is 0 Å². The molecule has 3 aromatic rings. The van der Waals surface area contributed by atoms with E-state index in [1.807, 2.05) is 25.1 Å². The van der Waals surface area contributed by atoms with Crippen LogP contribution in [0.15, 0.2) is 55.1 Å². The Labute approximate surface area is 179 Å². The van der Waals surface area contributed by atoms with Crippen molar-refractivity contribution in [2.75, 3.05) is 23.3 Å². The quantitative estimate of drug-likeness (QED) is 0.506. The van der Waals surface area contributed by atoms with Gasteiger partial charge in [0.15, 0.2) is 0 Å². The van der Waals surface area contributed by atoms with Crippen molar-refractivity contribution in [2.45, 2.75) is 46.1 Å². The topological polar surface area (TPSA) is 37.3 Å². The molecule has 4 rings (SSSR count). The fourth-order valence-corrected chi connectivity index (χ4v) is 4.43. The molecular weight excluding hydrogens is 370 g/mol. The molecule has 4 heteroatoms. The second-order valence-electron chi connectivity index (χ2n) is 8.50. The van der Waals surface area contributed by atoms with Crippen LogP contribution in [0.4, 0.5) is 11.4 Å². The highest BCUT2D eigenvalue weighted by molar-refractivity contribution is 6.08. The number of rotatable bonds is 6. The van der Waals surface area contributed by atoms with Gasteiger partial charge in [0.05, 0.1) is 0 Å². The third kappa shape index (κ3) is 3.74. The summed E-state index contributed by atoms with van der Waals surface area (Å²) in [5, 5.41) is 4.24. The van der Waals surface area contributed by atoms with Gasteiger partial charge in [-0.05, 0) is 73.2 Å². The number of carbonyl (C=O) groups excluding carboxylic acids is 1. The third-order valence-corrected chi connectivity index (χ3v) is 6.13. The predicted octanol–water partition coefficient (Wildman–Crippen LogP) is 6.11. The maximum absolute atomic E-state index is 13.3. The summed E-state index contributed by atoms with van der Waals surface area (Å²) in [5.74, 6) is 0.369. The number of nitrogens with one attached hydrogen (secondary N) is 1. The normalized spacial score (nSPS) is 13.9. The average Bonchev–Trinajstić information content (AvgIpc) is 3.36. The highest BCUT2D eigenvalue weighted by atomic mass is 16.2. The molecule has 0 radical (unpaired) electrons. The van der Waals surface area contributed by atoms with E-state index in [1.54, 1.807) is 0 Å². The molecule has 2 heterocycles. The number of aryl methyl sites for hydroxylation is 1. The van der Waals surface area contributed by atoms with Crippen LogP contribution < -0.4 is 10.2 Å². The molecule has 2 aromatic carbocycles. The number of hydrogen-bond donors (Lipinski definition) is 1.